The summed E-state index contributed by atoms with van der Waals surface area (Å²) in [6.07, 6.45) is 0. The van der Waals surface area contributed by atoms with Gasteiger partial charge in [0.1, 0.15) is 4.88 Å². The number of nitro groups is 1. The molecule has 0 amide bonds. The molecule has 0 bridgehead atoms. The quantitative estimate of drug-likeness (QED) is 0.529. The molecule has 0 atom stereocenters. The van der Waals surface area contributed by atoms with Gasteiger partial charge in [0.05, 0.1) is 17.7 Å². The fourth-order valence-electron chi connectivity index (χ4n) is 1.60. The molecule has 2 aromatic rings. The molecule has 0 spiro atoms. The van der Waals surface area contributed by atoms with Gasteiger partial charge in [-0.2, -0.15) is 0 Å². The van der Waals surface area contributed by atoms with Crippen molar-refractivity contribution in [2.45, 2.75) is 0 Å². The van der Waals surface area contributed by atoms with Crippen molar-refractivity contribution in [2.75, 3.05) is 12.8 Å². The largest absolute Gasteiger partial charge is 0.465 e. The van der Waals surface area contributed by atoms with E-state index in [1.165, 1.54) is 30.6 Å². The van der Waals surface area contributed by atoms with Crippen molar-refractivity contribution in [1.29, 1.82) is 0 Å². The van der Waals surface area contributed by atoms with Crippen LogP contribution in [0.2, 0.25) is 0 Å². The van der Waals surface area contributed by atoms with Crippen LogP contribution in [0.25, 0.3) is 11.1 Å². The third kappa shape index (κ3) is 2.41. The van der Waals surface area contributed by atoms with E-state index in [0.717, 1.165) is 5.56 Å². The van der Waals surface area contributed by atoms with Crippen molar-refractivity contribution in [3.05, 3.63) is 44.6 Å². The van der Waals surface area contributed by atoms with E-state index in [1.54, 1.807) is 17.5 Å². The molecule has 0 saturated carbocycles. The predicted octanol–water partition coefficient (Wildman–Crippen LogP) is 2.69. The molecule has 19 heavy (non-hydrogen) atoms. The van der Waals surface area contributed by atoms with E-state index in [0.29, 0.717) is 16.1 Å². The summed E-state index contributed by atoms with van der Waals surface area (Å²) in [5.74, 6) is -0.490. The van der Waals surface area contributed by atoms with Crippen molar-refractivity contribution in [3.63, 3.8) is 0 Å². The highest BCUT2D eigenvalue weighted by molar-refractivity contribution is 7.13. The third-order valence-corrected chi connectivity index (χ3v) is 3.57. The summed E-state index contributed by atoms with van der Waals surface area (Å²) < 4.78 is 4.62. The van der Waals surface area contributed by atoms with Crippen LogP contribution in [0.5, 0.6) is 0 Å². The molecule has 1 aromatic heterocycles. The third-order valence-electron chi connectivity index (χ3n) is 2.59. The lowest BCUT2D eigenvalue weighted by atomic mass is 10.1. The first-order chi connectivity index (χ1) is 9.04. The molecule has 0 aliphatic rings. The van der Waals surface area contributed by atoms with Gasteiger partial charge in [0.25, 0.3) is 5.69 Å². The number of rotatable bonds is 3. The Kier molecular flexibility index (Phi) is 3.48. The zero-order valence-corrected chi connectivity index (χ0v) is 10.8. The number of hydrogen-bond acceptors (Lipinski definition) is 6. The monoisotopic (exact) mass is 278 g/mol. The lowest BCUT2D eigenvalue weighted by Gasteiger charge is -2.01. The minimum Gasteiger partial charge on any atom is -0.465 e. The predicted molar refractivity (Wildman–Crippen MR) is 72.2 cm³/mol. The van der Waals surface area contributed by atoms with Gasteiger partial charge in [-0.1, -0.05) is 0 Å². The lowest BCUT2D eigenvalue weighted by Crippen LogP contribution is -2.02. The molecular weight excluding hydrogens is 268 g/mol. The second-order valence-electron chi connectivity index (χ2n) is 3.69. The first-order valence-electron chi connectivity index (χ1n) is 5.24. The van der Waals surface area contributed by atoms with E-state index in [-0.39, 0.29) is 5.69 Å². The minimum absolute atomic E-state index is 0.00532. The van der Waals surface area contributed by atoms with Crippen molar-refractivity contribution in [3.8, 4) is 11.1 Å². The van der Waals surface area contributed by atoms with E-state index in [9.17, 15) is 14.9 Å². The number of benzene rings is 1. The molecule has 0 radical (unpaired) electrons. The Morgan fingerprint density at radius 1 is 1.37 bits per heavy atom. The Morgan fingerprint density at radius 3 is 2.53 bits per heavy atom. The summed E-state index contributed by atoms with van der Waals surface area (Å²) in [6, 6.07) is 5.98. The number of thiophene rings is 1. The van der Waals surface area contributed by atoms with Crippen LogP contribution in [0, 0.1) is 10.1 Å². The Balaban J connectivity index is 2.40. The van der Waals surface area contributed by atoms with E-state index in [4.69, 9.17) is 5.73 Å². The summed E-state index contributed by atoms with van der Waals surface area (Å²) in [4.78, 5) is 21.9. The highest BCUT2D eigenvalue weighted by Gasteiger charge is 2.17. The number of nitrogen functional groups attached to an aromatic ring is 1. The summed E-state index contributed by atoms with van der Waals surface area (Å²) in [6.45, 7) is 0. The number of ether oxygens (including phenoxy) is 1. The van der Waals surface area contributed by atoms with Gasteiger partial charge in [-0.15, -0.1) is 11.3 Å². The maximum atomic E-state index is 11.4. The molecule has 98 valence electrons. The lowest BCUT2D eigenvalue weighted by molar-refractivity contribution is -0.384. The molecule has 0 unspecified atom stereocenters. The Morgan fingerprint density at radius 2 is 2.00 bits per heavy atom. The molecule has 2 N–H and O–H groups in total. The topological polar surface area (TPSA) is 95.5 Å². The molecule has 0 fully saturated rings. The van der Waals surface area contributed by atoms with E-state index >= 15 is 0 Å². The summed E-state index contributed by atoms with van der Waals surface area (Å²) >= 11 is 1.18. The van der Waals surface area contributed by atoms with Crippen molar-refractivity contribution in [1.82, 2.24) is 0 Å². The van der Waals surface area contributed by atoms with Crippen molar-refractivity contribution >= 4 is 28.7 Å². The molecule has 1 heterocycles. The van der Waals surface area contributed by atoms with Crippen LogP contribution in [-0.4, -0.2) is 18.0 Å². The number of carbonyl (C=O) groups excluding carboxylic acids is 1. The number of esters is 1. The maximum absolute atomic E-state index is 11.4. The van der Waals surface area contributed by atoms with E-state index < -0.39 is 10.9 Å². The Bertz CT molecular complexity index is 634. The van der Waals surface area contributed by atoms with Crippen molar-refractivity contribution in [2.24, 2.45) is 0 Å². The average Bonchev–Trinajstić information content (AvgIpc) is 2.80. The van der Waals surface area contributed by atoms with Crippen LogP contribution >= 0.6 is 11.3 Å². The molecular formula is C12H10N2O4S. The average molecular weight is 278 g/mol. The van der Waals surface area contributed by atoms with Crippen LogP contribution in [0.15, 0.2) is 29.6 Å². The molecule has 1 aromatic carbocycles. The number of hydrogen-bond donors (Lipinski definition) is 1. The second-order valence-corrected chi connectivity index (χ2v) is 4.57. The van der Waals surface area contributed by atoms with Crippen LogP contribution in [0.4, 0.5) is 11.4 Å². The smallest absolute Gasteiger partial charge is 0.350 e. The van der Waals surface area contributed by atoms with Crippen LogP contribution in [0.3, 0.4) is 0 Å². The highest BCUT2D eigenvalue weighted by atomic mass is 32.1. The minimum atomic E-state index is -0.490. The number of carbonyl (C=O) groups is 1. The first kappa shape index (κ1) is 13.0. The first-order valence-corrected chi connectivity index (χ1v) is 6.12. The van der Waals surface area contributed by atoms with E-state index in [2.05, 4.69) is 4.74 Å². The molecule has 7 heteroatoms. The van der Waals surface area contributed by atoms with Gasteiger partial charge in [-0.25, -0.2) is 4.79 Å². The normalized spacial score (nSPS) is 10.2. The van der Waals surface area contributed by atoms with Gasteiger partial charge >= 0.3 is 5.97 Å². The number of methoxy groups -OCH3 is 1. The van der Waals surface area contributed by atoms with Crippen LogP contribution in [-0.2, 0) is 4.74 Å². The number of anilines is 1. The zero-order chi connectivity index (χ0) is 14.0. The molecule has 0 aliphatic heterocycles. The van der Waals surface area contributed by atoms with Gasteiger partial charge in [0, 0.05) is 23.1 Å². The number of non-ortho nitro benzene ring substituents is 1. The van der Waals surface area contributed by atoms with Crippen LogP contribution < -0.4 is 5.73 Å². The van der Waals surface area contributed by atoms with Gasteiger partial charge < -0.3 is 10.5 Å². The van der Waals surface area contributed by atoms with Gasteiger partial charge in [-0.3, -0.25) is 10.1 Å². The van der Waals surface area contributed by atoms with Crippen molar-refractivity contribution < 1.29 is 14.5 Å². The Labute approximate surface area is 112 Å². The Hall–Kier alpha value is -2.41. The van der Waals surface area contributed by atoms with Gasteiger partial charge in [-0.05, 0) is 17.7 Å². The number of nitrogens with two attached hydrogens (primary N) is 1. The summed E-state index contributed by atoms with van der Waals surface area (Å²) in [5.41, 5.74) is 7.60. The highest BCUT2D eigenvalue weighted by Crippen LogP contribution is 2.35. The van der Waals surface area contributed by atoms with E-state index in [1.807, 2.05) is 0 Å². The fourth-order valence-corrected chi connectivity index (χ4v) is 2.52. The number of nitro benzene ring substituents is 1. The second kappa shape index (κ2) is 5.07. The molecule has 2 rings (SSSR count). The summed E-state index contributed by atoms with van der Waals surface area (Å²) in [5, 5.41) is 12.3. The standard InChI is InChI=1S/C12H10N2O4S/c1-18-12(15)11-10(13)9(6-19-11)7-2-4-8(5-3-7)14(16)17/h2-6H,13H2,1H3. The molecule has 0 aliphatic carbocycles. The number of nitrogens with zero attached hydrogens (tertiary/aromatic N) is 1. The fraction of sp³-hybridized carbons (Fsp3) is 0.0833. The molecule has 6 nitrogen and oxygen atoms in total. The van der Waals surface area contributed by atoms with Gasteiger partial charge in [0.15, 0.2) is 0 Å². The summed E-state index contributed by atoms with van der Waals surface area (Å²) in [7, 11) is 1.28. The van der Waals surface area contributed by atoms with Crippen LogP contribution in [0.1, 0.15) is 9.67 Å². The maximum Gasteiger partial charge on any atom is 0.350 e. The van der Waals surface area contributed by atoms with Gasteiger partial charge in [0.2, 0.25) is 0 Å². The zero-order valence-electron chi connectivity index (χ0n) is 9.95. The SMILES string of the molecule is COC(=O)c1scc(-c2ccc([N+](=O)[O-])cc2)c1N. The molecule has 0 saturated heterocycles.